The van der Waals surface area contributed by atoms with E-state index in [4.69, 9.17) is 0 Å². The Hall–Kier alpha value is -2.06. The van der Waals surface area contributed by atoms with Crippen molar-refractivity contribution in [1.29, 1.82) is 0 Å². The highest BCUT2D eigenvalue weighted by Gasteiger charge is 2.18. The number of rotatable bonds is 6. The molecule has 0 spiro atoms. The van der Waals surface area contributed by atoms with Crippen molar-refractivity contribution in [2.45, 2.75) is 6.04 Å². The zero-order valence-corrected chi connectivity index (χ0v) is 17.5. The lowest BCUT2D eigenvalue weighted by atomic mass is 10.2. The molecule has 0 saturated carbocycles. The van der Waals surface area contributed by atoms with Gasteiger partial charge in [-0.25, -0.2) is 4.98 Å². The van der Waals surface area contributed by atoms with E-state index in [1.54, 1.807) is 22.7 Å². The van der Waals surface area contributed by atoms with Gasteiger partial charge in [0.1, 0.15) is 5.01 Å². The first kappa shape index (κ1) is 18.3. The Morgan fingerprint density at radius 2 is 1.96 bits per heavy atom. The normalized spacial score (nSPS) is 12.6. The fraction of sp³-hybridized carbons (Fsp3) is 0.200. The molecule has 7 heteroatoms. The lowest BCUT2D eigenvalue weighted by Crippen LogP contribution is -2.33. The van der Waals surface area contributed by atoms with Crippen LogP contribution in [-0.4, -0.2) is 36.4 Å². The van der Waals surface area contributed by atoms with Crippen LogP contribution < -0.4 is 5.32 Å². The van der Waals surface area contributed by atoms with Crippen LogP contribution in [0.25, 0.3) is 20.1 Å². The predicted octanol–water partition coefficient (Wildman–Crippen LogP) is 5.12. The Kier molecular flexibility index (Phi) is 5.36. The second-order valence-electron chi connectivity index (χ2n) is 6.36. The van der Waals surface area contributed by atoms with Gasteiger partial charge in [-0.05, 0) is 49.8 Å². The molecule has 0 aliphatic rings. The van der Waals surface area contributed by atoms with E-state index in [0.29, 0.717) is 11.4 Å². The van der Waals surface area contributed by atoms with Crippen LogP contribution >= 0.6 is 34.0 Å². The minimum atomic E-state index is -0.0317. The third-order valence-electron chi connectivity index (χ3n) is 4.29. The van der Waals surface area contributed by atoms with E-state index in [9.17, 15) is 4.79 Å². The summed E-state index contributed by atoms with van der Waals surface area (Å²) in [4.78, 5) is 22.4. The smallest absolute Gasteiger partial charge is 0.261 e. The topological polar surface area (TPSA) is 45.2 Å². The molecule has 4 nitrogen and oxygen atoms in total. The number of para-hydroxylation sites is 1. The van der Waals surface area contributed by atoms with Crippen molar-refractivity contribution in [3.8, 4) is 9.88 Å². The third-order valence-corrected chi connectivity index (χ3v) is 7.55. The first-order valence-electron chi connectivity index (χ1n) is 8.55. The molecule has 1 unspecified atom stereocenters. The van der Waals surface area contributed by atoms with Gasteiger partial charge in [-0.2, -0.15) is 0 Å². The summed E-state index contributed by atoms with van der Waals surface area (Å²) < 4.78 is 1.16. The Morgan fingerprint density at radius 3 is 2.70 bits per heavy atom. The van der Waals surface area contributed by atoms with Crippen molar-refractivity contribution in [2.24, 2.45) is 0 Å². The van der Waals surface area contributed by atoms with Crippen molar-refractivity contribution in [1.82, 2.24) is 15.2 Å². The second kappa shape index (κ2) is 7.90. The number of nitrogens with zero attached hydrogens (tertiary/aromatic N) is 2. The molecule has 4 rings (SSSR count). The molecule has 0 radical (unpaired) electrons. The van der Waals surface area contributed by atoms with Gasteiger partial charge in [0, 0.05) is 11.4 Å². The lowest BCUT2D eigenvalue weighted by molar-refractivity contribution is 0.0946. The summed E-state index contributed by atoms with van der Waals surface area (Å²) in [6.07, 6.45) is 0. The van der Waals surface area contributed by atoms with Gasteiger partial charge in [0.2, 0.25) is 0 Å². The lowest BCUT2D eigenvalue weighted by Gasteiger charge is -2.23. The number of nitrogens with one attached hydrogen (secondary N) is 1. The van der Waals surface area contributed by atoms with E-state index in [-0.39, 0.29) is 11.9 Å². The largest absolute Gasteiger partial charge is 0.349 e. The number of aromatic nitrogens is 1. The number of thiazole rings is 1. The molecule has 1 amide bonds. The van der Waals surface area contributed by atoms with Gasteiger partial charge in [0.15, 0.2) is 0 Å². The summed E-state index contributed by atoms with van der Waals surface area (Å²) in [5.74, 6) is -0.0317. The second-order valence-corrected chi connectivity index (χ2v) is 9.45. The van der Waals surface area contributed by atoms with Crippen molar-refractivity contribution in [2.75, 3.05) is 20.6 Å². The summed E-state index contributed by atoms with van der Waals surface area (Å²) in [6, 6.07) is 16.3. The molecule has 138 valence electrons. The van der Waals surface area contributed by atoms with Gasteiger partial charge < -0.3 is 10.2 Å². The Balaban J connectivity index is 1.47. The molecule has 0 saturated heterocycles. The Labute approximate surface area is 170 Å². The first-order chi connectivity index (χ1) is 13.1. The number of fused-ring (bicyclic) bond motifs is 1. The fourth-order valence-corrected chi connectivity index (χ4v) is 5.71. The van der Waals surface area contributed by atoms with Crippen molar-refractivity contribution >= 4 is 50.1 Å². The monoisotopic (exact) mass is 413 g/mol. The van der Waals surface area contributed by atoms with Crippen LogP contribution in [0.15, 0.2) is 53.9 Å². The maximum absolute atomic E-state index is 12.6. The van der Waals surface area contributed by atoms with Crippen LogP contribution in [0, 0.1) is 0 Å². The van der Waals surface area contributed by atoms with Crippen LogP contribution in [0.1, 0.15) is 20.6 Å². The molecular formula is C20H19N3OS3. The summed E-state index contributed by atoms with van der Waals surface area (Å²) in [5.41, 5.74) is 1.00. The maximum Gasteiger partial charge on any atom is 0.261 e. The molecule has 0 aliphatic heterocycles. The van der Waals surface area contributed by atoms with Crippen LogP contribution in [-0.2, 0) is 0 Å². The molecule has 1 N–H and O–H groups in total. The summed E-state index contributed by atoms with van der Waals surface area (Å²) in [7, 11) is 4.07. The number of thiophene rings is 2. The van der Waals surface area contributed by atoms with Crippen LogP contribution in [0.3, 0.4) is 0 Å². The Bertz CT molecular complexity index is 1020. The molecule has 1 atom stereocenters. The van der Waals surface area contributed by atoms with Crippen LogP contribution in [0.2, 0.25) is 0 Å². The minimum absolute atomic E-state index is 0.0317. The molecule has 3 heterocycles. The summed E-state index contributed by atoms with van der Waals surface area (Å²) >= 11 is 4.86. The highest BCUT2D eigenvalue weighted by Crippen LogP contribution is 2.34. The molecule has 4 aromatic rings. The summed E-state index contributed by atoms with van der Waals surface area (Å²) in [5, 5.41) is 6.11. The van der Waals surface area contributed by atoms with E-state index in [0.717, 1.165) is 20.1 Å². The highest BCUT2D eigenvalue weighted by atomic mass is 32.1. The van der Waals surface area contributed by atoms with Gasteiger partial charge >= 0.3 is 0 Å². The Morgan fingerprint density at radius 1 is 1.11 bits per heavy atom. The summed E-state index contributed by atoms with van der Waals surface area (Å²) in [6.45, 7) is 0.584. The maximum atomic E-state index is 12.6. The quantitative estimate of drug-likeness (QED) is 0.477. The molecule has 3 aromatic heterocycles. The molecular weight excluding hydrogens is 394 g/mol. The molecule has 1 aromatic carbocycles. The molecule has 0 bridgehead atoms. The number of carbonyl (C=O) groups excluding carboxylic acids is 1. The third kappa shape index (κ3) is 3.96. The van der Waals surface area contributed by atoms with Crippen molar-refractivity contribution < 1.29 is 4.79 Å². The van der Waals surface area contributed by atoms with Gasteiger partial charge in [-0.3, -0.25) is 4.79 Å². The van der Waals surface area contributed by atoms with E-state index < -0.39 is 0 Å². The average molecular weight is 414 g/mol. The van der Waals surface area contributed by atoms with E-state index in [1.807, 2.05) is 50.5 Å². The first-order valence-corrected chi connectivity index (χ1v) is 11.1. The number of benzene rings is 1. The van der Waals surface area contributed by atoms with Gasteiger partial charge in [0.25, 0.3) is 5.91 Å². The van der Waals surface area contributed by atoms with Gasteiger partial charge in [0.05, 0.1) is 26.0 Å². The predicted molar refractivity (Wildman–Crippen MR) is 116 cm³/mol. The number of amides is 1. The zero-order chi connectivity index (χ0) is 18.8. The zero-order valence-electron chi connectivity index (χ0n) is 15.0. The molecule has 0 aliphatic carbocycles. The molecule has 27 heavy (non-hydrogen) atoms. The van der Waals surface area contributed by atoms with Crippen molar-refractivity contribution in [3.05, 3.63) is 63.7 Å². The molecule has 0 fully saturated rings. The van der Waals surface area contributed by atoms with Crippen LogP contribution in [0.5, 0.6) is 0 Å². The highest BCUT2D eigenvalue weighted by molar-refractivity contribution is 7.26. The average Bonchev–Trinajstić information content (AvgIpc) is 3.40. The van der Waals surface area contributed by atoms with Gasteiger partial charge in [-0.1, -0.05) is 18.2 Å². The number of hydrogen-bond donors (Lipinski definition) is 1. The number of carbonyl (C=O) groups is 1. The standard InChI is InChI=1S/C20H19N3OS3/c1-23(2)14(16-8-5-11-25-16)12-21-19(24)17-9-10-18(26-17)20-22-13-6-3-4-7-15(13)27-20/h3-11,14H,12H2,1-2H3,(H,21,24). The van der Waals surface area contributed by atoms with Crippen LogP contribution in [0.4, 0.5) is 0 Å². The van der Waals surface area contributed by atoms with E-state index in [1.165, 1.54) is 16.2 Å². The fourth-order valence-electron chi connectivity index (χ4n) is 2.85. The minimum Gasteiger partial charge on any atom is -0.349 e. The number of likely N-dealkylation sites (N-methyl/N-ethyl adjacent to an activating group) is 1. The van der Waals surface area contributed by atoms with Crippen molar-refractivity contribution in [3.63, 3.8) is 0 Å². The van der Waals surface area contributed by atoms with Gasteiger partial charge in [-0.15, -0.1) is 34.0 Å². The SMILES string of the molecule is CN(C)C(CNC(=O)c1ccc(-c2nc3ccccc3s2)s1)c1cccs1. The number of hydrogen-bond acceptors (Lipinski definition) is 6. The van der Waals surface area contributed by atoms with E-state index >= 15 is 0 Å². The van der Waals surface area contributed by atoms with E-state index in [2.05, 4.69) is 32.7 Å².